The van der Waals surface area contributed by atoms with Gasteiger partial charge in [0.25, 0.3) is 5.91 Å². The monoisotopic (exact) mass is 353 g/mol. The Bertz CT molecular complexity index is 795. The van der Waals surface area contributed by atoms with E-state index in [0.29, 0.717) is 6.54 Å². The molecule has 0 unspecified atom stereocenters. The lowest BCUT2D eigenvalue weighted by Gasteiger charge is -2.10. The first-order valence-electron chi connectivity index (χ1n) is 7.80. The van der Waals surface area contributed by atoms with Crippen LogP contribution in [-0.2, 0) is 12.3 Å². The second kappa shape index (κ2) is 8.18. The molecular formula is C20H19NOS2. The Morgan fingerprint density at radius 3 is 2.58 bits per heavy atom. The lowest BCUT2D eigenvalue weighted by atomic mass is 10.1. The van der Waals surface area contributed by atoms with Gasteiger partial charge < -0.3 is 5.32 Å². The molecule has 4 heteroatoms. The Morgan fingerprint density at radius 2 is 1.83 bits per heavy atom. The molecule has 1 heterocycles. The Balaban J connectivity index is 1.64. The Labute approximate surface area is 150 Å². The molecule has 0 saturated carbocycles. The van der Waals surface area contributed by atoms with Crippen molar-refractivity contribution in [2.45, 2.75) is 24.1 Å². The number of rotatable bonds is 6. The van der Waals surface area contributed by atoms with Crippen LogP contribution in [0.15, 0.2) is 70.9 Å². The SMILES string of the molecule is Cc1ccc(CNC(=O)c2ccccc2SCc2cccs2)cc1. The van der Waals surface area contributed by atoms with Crippen LogP contribution in [0.1, 0.15) is 26.4 Å². The smallest absolute Gasteiger partial charge is 0.252 e. The van der Waals surface area contributed by atoms with Crippen molar-refractivity contribution in [3.63, 3.8) is 0 Å². The van der Waals surface area contributed by atoms with E-state index in [0.717, 1.165) is 21.8 Å². The topological polar surface area (TPSA) is 29.1 Å². The minimum Gasteiger partial charge on any atom is -0.348 e. The van der Waals surface area contributed by atoms with E-state index in [4.69, 9.17) is 0 Å². The molecule has 2 aromatic carbocycles. The van der Waals surface area contributed by atoms with Crippen LogP contribution in [0.4, 0.5) is 0 Å². The number of thioether (sulfide) groups is 1. The number of hydrogen-bond donors (Lipinski definition) is 1. The summed E-state index contributed by atoms with van der Waals surface area (Å²) in [6.07, 6.45) is 0. The number of nitrogens with one attached hydrogen (secondary N) is 1. The first-order valence-corrected chi connectivity index (χ1v) is 9.67. The van der Waals surface area contributed by atoms with E-state index in [-0.39, 0.29) is 5.91 Å². The van der Waals surface area contributed by atoms with Crippen LogP contribution >= 0.6 is 23.1 Å². The highest BCUT2D eigenvalue weighted by Crippen LogP contribution is 2.27. The van der Waals surface area contributed by atoms with Crippen molar-refractivity contribution in [3.05, 3.63) is 87.6 Å². The molecule has 0 bridgehead atoms. The number of amides is 1. The summed E-state index contributed by atoms with van der Waals surface area (Å²) < 4.78 is 0. The minimum atomic E-state index is -0.0233. The number of benzene rings is 2. The van der Waals surface area contributed by atoms with Gasteiger partial charge in [-0.15, -0.1) is 23.1 Å². The molecule has 1 amide bonds. The second-order valence-electron chi connectivity index (χ2n) is 5.53. The van der Waals surface area contributed by atoms with Gasteiger partial charge >= 0.3 is 0 Å². The molecule has 1 aromatic heterocycles. The predicted molar refractivity (Wildman–Crippen MR) is 103 cm³/mol. The third-order valence-corrected chi connectivity index (χ3v) is 5.84. The van der Waals surface area contributed by atoms with Crippen LogP contribution in [0, 0.1) is 6.92 Å². The molecule has 1 N–H and O–H groups in total. The zero-order chi connectivity index (χ0) is 16.8. The number of hydrogen-bond acceptors (Lipinski definition) is 3. The summed E-state index contributed by atoms with van der Waals surface area (Å²) in [4.78, 5) is 14.9. The van der Waals surface area contributed by atoms with Gasteiger partial charge in [0.2, 0.25) is 0 Å². The normalized spacial score (nSPS) is 10.5. The van der Waals surface area contributed by atoms with Gasteiger partial charge in [-0.2, -0.15) is 0 Å². The van der Waals surface area contributed by atoms with Crippen molar-refractivity contribution in [1.82, 2.24) is 5.32 Å². The van der Waals surface area contributed by atoms with E-state index < -0.39 is 0 Å². The molecule has 0 spiro atoms. The van der Waals surface area contributed by atoms with E-state index in [9.17, 15) is 4.79 Å². The molecule has 24 heavy (non-hydrogen) atoms. The maximum Gasteiger partial charge on any atom is 0.252 e. The van der Waals surface area contributed by atoms with E-state index in [1.54, 1.807) is 23.1 Å². The van der Waals surface area contributed by atoms with Crippen LogP contribution in [-0.4, -0.2) is 5.91 Å². The highest BCUT2D eigenvalue weighted by atomic mass is 32.2. The van der Waals surface area contributed by atoms with Crippen LogP contribution in [0.25, 0.3) is 0 Å². The Hall–Kier alpha value is -2.04. The molecule has 0 aliphatic rings. The third-order valence-electron chi connectivity index (χ3n) is 3.66. The molecule has 0 aliphatic carbocycles. The summed E-state index contributed by atoms with van der Waals surface area (Å²) in [5.74, 6) is 0.866. The molecular weight excluding hydrogens is 334 g/mol. The predicted octanol–water partition coefficient (Wildman–Crippen LogP) is 5.28. The molecule has 0 aliphatic heterocycles. The lowest BCUT2D eigenvalue weighted by Crippen LogP contribution is -2.23. The van der Waals surface area contributed by atoms with E-state index >= 15 is 0 Å². The molecule has 0 radical (unpaired) electrons. The quantitative estimate of drug-likeness (QED) is 0.611. The Kier molecular flexibility index (Phi) is 5.72. The molecule has 0 atom stereocenters. The van der Waals surface area contributed by atoms with Crippen molar-refractivity contribution < 1.29 is 4.79 Å². The van der Waals surface area contributed by atoms with Crippen molar-refractivity contribution in [2.24, 2.45) is 0 Å². The van der Waals surface area contributed by atoms with E-state index in [2.05, 4.69) is 41.9 Å². The van der Waals surface area contributed by atoms with Crippen molar-refractivity contribution in [2.75, 3.05) is 0 Å². The summed E-state index contributed by atoms with van der Waals surface area (Å²) in [6.45, 7) is 2.60. The van der Waals surface area contributed by atoms with E-state index in [1.165, 1.54) is 10.4 Å². The van der Waals surface area contributed by atoms with Gasteiger partial charge in [-0.05, 0) is 36.1 Å². The molecule has 3 aromatic rings. The first-order chi connectivity index (χ1) is 11.7. The molecule has 122 valence electrons. The van der Waals surface area contributed by atoms with Crippen molar-refractivity contribution >= 4 is 29.0 Å². The van der Waals surface area contributed by atoms with Crippen molar-refractivity contribution in [3.8, 4) is 0 Å². The van der Waals surface area contributed by atoms with E-state index in [1.807, 2.05) is 36.4 Å². The fraction of sp³-hybridized carbons (Fsp3) is 0.150. The first kappa shape index (κ1) is 16.8. The van der Waals surface area contributed by atoms with Gasteiger partial charge in [-0.3, -0.25) is 4.79 Å². The second-order valence-corrected chi connectivity index (χ2v) is 7.58. The summed E-state index contributed by atoms with van der Waals surface area (Å²) in [6, 6.07) is 20.2. The van der Waals surface area contributed by atoms with Gasteiger partial charge in [0, 0.05) is 22.1 Å². The van der Waals surface area contributed by atoms with Crippen LogP contribution < -0.4 is 5.32 Å². The average molecular weight is 354 g/mol. The fourth-order valence-electron chi connectivity index (χ4n) is 2.31. The largest absolute Gasteiger partial charge is 0.348 e. The minimum absolute atomic E-state index is 0.0233. The number of thiophene rings is 1. The highest BCUT2D eigenvalue weighted by Gasteiger charge is 2.11. The van der Waals surface area contributed by atoms with Gasteiger partial charge in [-0.1, -0.05) is 48.0 Å². The summed E-state index contributed by atoms with van der Waals surface area (Å²) in [5, 5.41) is 5.10. The van der Waals surface area contributed by atoms with Gasteiger partial charge in [0.05, 0.1) is 5.56 Å². The summed E-state index contributed by atoms with van der Waals surface area (Å²) in [7, 11) is 0. The zero-order valence-corrected chi connectivity index (χ0v) is 15.1. The molecule has 2 nitrogen and oxygen atoms in total. The molecule has 0 fully saturated rings. The maximum atomic E-state index is 12.5. The number of carbonyl (C=O) groups is 1. The fourth-order valence-corrected chi connectivity index (χ4v) is 4.13. The molecule has 0 saturated heterocycles. The third kappa shape index (κ3) is 4.49. The Morgan fingerprint density at radius 1 is 1.04 bits per heavy atom. The zero-order valence-electron chi connectivity index (χ0n) is 13.5. The summed E-state index contributed by atoms with van der Waals surface area (Å²) in [5.41, 5.74) is 3.07. The lowest BCUT2D eigenvalue weighted by molar-refractivity contribution is 0.0948. The number of carbonyl (C=O) groups excluding carboxylic acids is 1. The van der Waals surface area contributed by atoms with Gasteiger partial charge in [0.15, 0.2) is 0 Å². The number of aryl methyl sites for hydroxylation is 1. The van der Waals surface area contributed by atoms with Gasteiger partial charge in [0.1, 0.15) is 0 Å². The summed E-state index contributed by atoms with van der Waals surface area (Å²) >= 11 is 3.45. The van der Waals surface area contributed by atoms with Crippen LogP contribution in [0.2, 0.25) is 0 Å². The van der Waals surface area contributed by atoms with Crippen LogP contribution in [0.3, 0.4) is 0 Å². The molecule has 3 rings (SSSR count). The maximum absolute atomic E-state index is 12.5. The highest BCUT2D eigenvalue weighted by molar-refractivity contribution is 7.98. The van der Waals surface area contributed by atoms with Gasteiger partial charge in [-0.25, -0.2) is 0 Å². The average Bonchev–Trinajstić information content (AvgIpc) is 3.13. The van der Waals surface area contributed by atoms with Crippen molar-refractivity contribution in [1.29, 1.82) is 0 Å². The standard InChI is InChI=1S/C20H19NOS2/c1-15-8-10-16(11-9-15)13-21-20(22)18-6-2-3-7-19(18)24-14-17-5-4-12-23-17/h2-12H,13-14H2,1H3,(H,21,22). The van der Waals surface area contributed by atoms with Crippen LogP contribution in [0.5, 0.6) is 0 Å².